The van der Waals surface area contributed by atoms with Crippen LogP contribution in [0.3, 0.4) is 0 Å². The molecular weight excluding hydrogens is 502 g/mol. The lowest BCUT2D eigenvalue weighted by Gasteiger charge is -2.21. The summed E-state index contributed by atoms with van der Waals surface area (Å²) >= 11 is 0. The summed E-state index contributed by atoms with van der Waals surface area (Å²) in [6.07, 6.45) is 3.27. The molecule has 1 saturated heterocycles. The minimum absolute atomic E-state index is 0.121. The molecule has 0 bridgehead atoms. The number of aromatic nitrogens is 2. The number of amides is 1. The second-order valence-electron chi connectivity index (χ2n) is 9.16. The summed E-state index contributed by atoms with van der Waals surface area (Å²) in [5.74, 6) is 0.121. The smallest absolute Gasteiger partial charge is 0.410 e. The number of nitrogens with zero attached hydrogens (tertiary/aromatic N) is 4. The predicted molar refractivity (Wildman–Crippen MR) is 144 cm³/mol. The van der Waals surface area contributed by atoms with Crippen LogP contribution in [0.15, 0.2) is 84.0 Å². The zero-order valence-corrected chi connectivity index (χ0v) is 21.6. The molecule has 1 aliphatic rings. The Labute approximate surface area is 221 Å². The van der Waals surface area contributed by atoms with E-state index in [9.17, 15) is 13.2 Å². The highest BCUT2D eigenvalue weighted by atomic mass is 32.2. The summed E-state index contributed by atoms with van der Waals surface area (Å²) in [4.78, 5) is 22.6. The minimum Gasteiger partial charge on any atom is -0.445 e. The number of hydrogen-bond acceptors (Lipinski definition) is 6. The topological polar surface area (TPSA) is 97.9 Å². The number of hydrogen-bond donors (Lipinski definition) is 1. The Morgan fingerprint density at radius 3 is 2.50 bits per heavy atom. The number of anilines is 1. The summed E-state index contributed by atoms with van der Waals surface area (Å²) in [6.45, 7) is 10.8. The van der Waals surface area contributed by atoms with Crippen LogP contribution in [0.4, 0.5) is 16.2 Å². The number of benzene rings is 2. The molecule has 1 fully saturated rings. The van der Waals surface area contributed by atoms with E-state index in [2.05, 4.69) is 22.1 Å². The molecule has 1 amide bonds. The van der Waals surface area contributed by atoms with E-state index < -0.39 is 10.0 Å². The van der Waals surface area contributed by atoms with Gasteiger partial charge in [-0.05, 0) is 36.1 Å². The predicted octanol–water partition coefficient (Wildman–Crippen LogP) is 5.28. The molecule has 0 radical (unpaired) electrons. The zero-order valence-electron chi connectivity index (χ0n) is 20.8. The molecular formula is C28H27N5O4S. The Balaban J connectivity index is 1.40. The van der Waals surface area contributed by atoms with Gasteiger partial charge in [0.1, 0.15) is 6.61 Å². The largest absolute Gasteiger partial charge is 0.445 e. The number of carbonyl (C=O) groups excluding carboxylic acids is 1. The van der Waals surface area contributed by atoms with Crippen LogP contribution in [0.25, 0.3) is 15.9 Å². The van der Waals surface area contributed by atoms with Gasteiger partial charge >= 0.3 is 6.09 Å². The van der Waals surface area contributed by atoms with Crippen molar-refractivity contribution in [3.8, 4) is 0 Å². The van der Waals surface area contributed by atoms with Crippen molar-refractivity contribution in [1.29, 1.82) is 0 Å². The number of nitrogens with one attached hydrogen (secondary N) is 1. The first-order valence-corrected chi connectivity index (χ1v) is 13.8. The quantitative estimate of drug-likeness (QED) is 0.327. The summed E-state index contributed by atoms with van der Waals surface area (Å²) in [7, 11) is -3.87. The molecule has 2 aromatic carbocycles. The maximum Gasteiger partial charge on any atom is 0.410 e. The lowest BCUT2D eigenvalue weighted by molar-refractivity contribution is 0.103. The van der Waals surface area contributed by atoms with E-state index in [1.54, 1.807) is 29.2 Å². The molecule has 0 unspecified atom stereocenters. The summed E-state index contributed by atoms with van der Waals surface area (Å²) in [5, 5.41) is 3.98. The zero-order chi connectivity index (χ0) is 26.7. The summed E-state index contributed by atoms with van der Waals surface area (Å²) in [6, 6.07) is 19.2. The van der Waals surface area contributed by atoms with Gasteiger partial charge in [0.2, 0.25) is 5.69 Å². The van der Waals surface area contributed by atoms with E-state index >= 15 is 0 Å². The number of fused-ring (bicyclic) bond motifs is 1. The number of ether oxygens (including phenoxy) is 1. The van der Waals surface area contributed by atoms with Crippen LogP contribution < -0.4 is 5.32 Å². The number of likely N-dealkylation sites (tertiary alicyclic amines) is 1. The number of carbonyl (C=O) groups is 1. The van der Waals surface area contributed by atoms with E-state index in [4.69, 9.17) is 11.3 Å². The molecule has 194 valence electrons. The molecule has 10 heteroatoms. The normalized spacial score (nSPS) is 17.3. The van der Waals surface area contributed by atoms with Crippen molar-refractivity contribution < 1.29 is 17.9 Å². The Morgan fingerprint density at radius 2 is 1.82 bits per heavy atom. The third-order valence-electron chi connectivity index (χ3n) is 6.84. The van der Waals surface area contributed by atoms with Gasteiger partial charge in [0.05, 0.1) is 17.2 Å². The summed E-state index contributed by atoms with van der Waals surface area (Å²) < 4.78 is 33.2. The van der Waals surface area contributed by atoms with E-state index in [-0.39, 0.29) is 40.9 Å². The third kappa shape index (κ3) is 4.80. The second-order valence-corrected chi connectivity index (χ2v) is 11.0. The molecule has 0 saturated carbocycles. The average molecular weight is 530 g/mol. The van der Waals surface area contributed by atoms with Gasteiger partial charge in [-0.2, -0.15) is 0 Å². The van der Waals surface area contributed by atoms with E-state index in [1.165, 1.54) is 24.5 Å². The fraction of sp³-hybridized carbons (Fsp3) is 0.250. The van der Waals surface area contributed by atoms with Crippen molar-refractivity contribution >= 4 is 38.5 Å². The number of pyridine rings is 1. The lowest BCUT2D eigenvalue weighted by atomic mass is 10.0. The fourth-order valence-electron chi connectivity index (χ4n) is 4.78. The third-order valence-corrected chi connectivity index (χ3v) is 8.52. The van der Waals surface area contributed by atoms with Crippen molar-refractivity contribution in [3.05, 3.63) is 96.1 Å². The lowest BCUT2D eigenvalue weighted by Crippen LogP contribution is -2.32. The van der Waals surface area contributed by atoms with Crippen molar-refractivity contribution in [3.63, 3.8) is 0 Å². The Kier molecular flexibility index (Phi) is 7.03. The van der Waals surface area contributed by atoms with Crippen molar-refractivity contribution in [1.82, 2.24) is 13.9 Å². The van der Waals surface area contributed by atoms with E-state index in [0.717, 1.165) is 16.0 Å². The average Bonchev–Trinajstić information content (AvgIpc) is 3.58. The number of rotatable bonds is 7. The Hall–Kier alpha value is -4.36. The molecule has 3 heterocycles. The maximum absolute atomic E-state index is 13.3. The van der Waals surface area contributed by atoms with Crippen LogP contribution in [0.5, 0.6) is 0 Å². The van der Waals surface area contributed by atoms with Crippen LogP contribution >= 0.6 is 0 Å². The molecule has 2 atom stereocenters. The van der Waals surface area contributed by atoms with Crippen LogP contribution in [0.1, 0.15) is 18.9 Å². The van der Waals surface area contributed by atoms with Gasteiger partial charge in [0, 0.05) is 36.9 Å². The molecule has 4 aromatic rings. The van der Waals surface area contributed by atoms with Crippen LogP contribution in [-0.2, 0) is 21.4 Å². The van der Waals surface area contributed by atoms with Gasteiger partial charge in [-0.3, -0.25) is 0 Å². The van der Waals surface area contributed by atoms with E-state index in [1.807, 2.05) is 30.3 Å². The highest BCUT2D eigenvalue weighted by Gasteiger charge is 2.36. The molecule has 0 aliphatic carbocycles. The van der Waals surface area contributed by atoms with Crippen molar-refractivity contribution in [2.75, 3.05) is 18.4 Å². The Morgan fingerprint density at radius 1 is 1.11 bits per heavy atom. The van der Waals surface area contributed by atoms with Gasteiger partial charge in [0.25, 0.3) is 10.0 Å². The highest BCUT2D eigenvalue weighted by Crippen LogP contribution is 2.36. The van der Waals surface area contributed by atoms with Crippen LogP contribution in [0.2, 0.25) is 0 Å². The maximum atomic E-state index is 13.3. The molecule has 1 aliphatic heterocycles. The summed E-state index contributed by atoms with van der Waals surface area (Å²) in [5.41, 5.74) is 1.94. The first kappa shape index (κ1) is 25.3. The molecule has 2 aromatic heterocycles. The monoisotopic (exact) mass is 529 g/mol. The molecule has 0 spiro atoms. The van der Waals surface area contributed by atoms with Crippen molar-refractivity contribution in [2.24, 2.45) is 5.92 Å². The molecule has 38 heavy (non-hydrogen) atoms. The SMILES string of the molecule is [C-]#[N+]c1cnc2c(ccn2S(=O)(=O)c2ccccc2)c1N[C@H]1CN(C(=O)OCc2ccccc2)C[C@H]1CC. The van der Waals surface area contributed by atoms with Crippen LogP contribution in [0, 0.1) is 12.5 Å². The van der Waals surface area contributed by atoms with Gasteiger partial charge in [-0.1, -0.05) is 55.5 Å². The molecule has 1 N–H and O–H groups in total. The highest BCUT2D eigenvalue weighted by molar-refractivity contribution is 7.90. The standard InChI is InChI=1S/C28H27N5O4S/c1-3-21-17-32(28(34)37-19-20-10-6-4-7-11-20)18-25(21)31-26-23-14-15-33(27(23)30-16-24(26)29-2)38(35,36)22-12-8-5-9-13-22/h4-16,21,25H,3,17-19H2,1H3,(H,30,31)/t21-,25+/m1/s1. The minimum atomic E-state index is -3.87. The van der Waals surface area contributed by atoms with Gasteiger partial charge in [-0.25, -0.2) is 27.0 Å². The van der Waals surface area contributed by atoms with Crippen molar-refractivity contribution in [2.45, 2.75) is 30.9 Å². The van der Waals surface area contributed by atoms with Gasteiger partial charge in [0.15, 0.2) is 5.65 Å². The Bertz CT molecular complexity index is 1600. The second kappa shape index (κ2) is 10.6. The van der Waals surface area contributed by atoms with Crippen LogP contribution in [-0.4, -0.2) is 47.5 Å². The first-order chi connectivity index (χ1) is 18.4. The van der Waals surface area contributed by atoms with Gasteiger partial charge in [-0.15, -0.1) is 0 Å². The first-order valence-electron chi connectivity index (χ1n) is 12.3. The molecule has 9 nitrogen and oxygen atoms in total. The van der Waals surface area contributed by atoms with Gasteiger partial charge < -0.3 is 15.0 Å². The fourth-order valence-corrected chi connectivity index (χ4v) is 6.10. The molecule has 5 rings (SSSR count). The van der Waals surface area contributed by atoms with E-state index in [0.29, 0.717) is 24.2 Å².